The Balaban J connectivity index is 1.73. The van der Waals surface area contributed by atoms with Gasteiger partial charge in [-0.05, 0) is 11.6 Å². The van der Waals surface area contributed by atoms with Crippen LogP contribution in [-0.2, 0) is 20.9 Å². The van der Waals surface area contributed by atoms with Crippen molar-refractivity contribution in [1.29, 1.82) is 0 Å². The third kappa shape index (κ3) is 3.27. The van der Waals surface area contributed by atoms with E-state index < -0.39 is 0 Å². The smallest absolute Gasteiger partial charge is 0.278 e. The number of morpholine rings is 1. The van der Waals surface area contributed by atoms with Gasteiger partial charge in [-0.15, -0.1) is 0 Å². The van der Waals surface area contributed by atoms with Crippen LogP contribution in [0.1, 0.15) is 11.1 Å². The molecule has 1 saturated heterocycles. The summed E-state index contributed by atoms with van der Waals surface area (Å²) in [6.07, 6.45) is 0. The molecule has 2 aliphatic rings. The van der Waals surface area contributed by atoms with Crippen molar-refractivity contribution in [3.05, 3.63) is 71.4 Å². The van der Waals surface area contributed by atoms with Crippen molar-refractivity contribution in [2.75, 3.05) is 33.4 Å². The molecule has 0 bridgehead atoms. The summed E-state index contributed by atoms with van der Waals surface area (Å²) in [7, 11) is 1.58. The van der Waals surface area contributed by atoms with Crippen LogP contribution in [0.25, 0.3) is 5.57 Å². The first-order valence-corrected chi connectivity index (χ1v) is 9.31. The molecule has 6 nitrogen and oxygen atoms in total. The highest BCUT2D eigenvalue weighted by Gasteiger charge is 2.42. The maximum atomic E-state index is 13.3. The Kier molecular flexibility index (Phi) is 5.12. The van der Waals surface area contributed by atoms with Gasteiger partial charge in [0.15, 0.2) is 0 Å². The Labute approximate surface area is 164 Å². The Morgan fingerprint density at radius 1 is 0.929 bits per heavy atom. The number of carbonyl (C=O) groups is 2. The number of para-hydroxylation sites is 1. The van der Waals surface area contributed by atoms with Crippen LogP contribution in [-0.4, -0.2) is 55.0 Å². The van der Waals surface area contributed by atoms with E-state index in [1.807, 2.05) is 59.5 Å². The molecule has 28 heavy (non-hydrogen) atoms. The first-order valence-electron chi connectivity index (χ1n) is 9.31. The molecule has 144 valence electrons. The number of benzene rings is 2. The third-order valence-electron chi connectivity index (χ3n) is 5.05. The van der Waals surface area contributed by atoms with Crippen LogP contribution < -0.4 is 4.74 Å². The van der Waals surface area contributed by atoms with Crippen LogP contribution in [0.2, 0.25) is 0 Å². The normalized spacial score (nSPS) is 17.5. The second kappa shape index (κ2) is 7.86. The van der Waals surface area contributed by atoms with E-state index in [-0.39, 0.29) is 18.4 Å². The molecular weight excluding hydrogens is 356 g/mol. The molecule has 0 saturated carbocycles. The maximum Gasteiger partial charge on any atom is 0.278 e. The lowest BCUT2D eigenvalue weighted by molar-refractivity contribution is -0.138. The Morgan fingerprint density at radius 3 is 2.32 bits per heavy atom. The predicted octanol–water partition coefficient (Wildman–Crippen LogP) is 2.31. The zero-order valence-corrected chi connectivity index (χ0v) is 15.8. The zero-order chi connectivity index (χ0) is 19.5. The van der Waals surface area contributed by atoms with E-state index in [4.69, 9.17) is 9.47 Å². The molecule has 2 heterocycles. The van der Waals surface area contributed by atoms with Gasteiger partial charge in [0.1, 0.15) is 11.4 Å². The summed E-state index contributed by atoms with van der Waals surface area (Å²) < 4.78 is 10.8. The molecule has 0 aromatic heterocycles. The average Bonchev–Trinajstić information content (AvgIpc) is 3.00. The third-order valence-corrected chi connectivity index (χ3v) is 5.05. The number of nitrogens with zero attached hydrogens (tertiary/aromatic N) is 2. The van der Waals surface area contributed by atoms with Crippen LogP contribution in [0.3, 0.4) is 0 Å². The van der Waals surface area contributed by atoms with Crippen LogP contribution in [0, 0.1) is 0 Å². The van der Waals surface area contributed by atoms with Crippen molar-refractivity contribution >= 4 is 17.4 Å². The van der Waals surface area contributed by atoms with Gasteiger partial charge in [0.2, 0.25) is 0 Å². The van der Waals surface area contributed by atoms with Crippen molar-refractivity contribution in [2.24, 2.45) is 0 Å². The van der Waals surface area contributed by atoms with Crippen molar-refractivity contribution in [1.82, 2.24) is 9.80 Å². The minimum Gasteiger partial charge on any atom is -0.496 e. The van der Waals surface area contributed by atoms with Gasteiger partial charge in [0, 0.05) is 18.7 Å². The van der Waals surface area contributed by atoms with Gasteiger partial charge in [-0.1, -0.05) is 48.5 Å². The van der Waals surface area contributed by atoms with E-state index in [1.165, 1.54) is 4.90 Å². The van der Waals surface area contributed by atoms with E-state index >= 15 is 0 Å². The minimum absolute atomic E-state index is 0.172. The number of imide groups is 1. The SMILES string of the molecule is COc1ccccc1CN1C(=O)C(c2ccccc2)=C(N2CCOCC2)C1=O. The average molecular weight is 378 g/mol. The first kappa shape index (κ1) is 18.3. The van der Waals surface area contributed by atoms with E-state index in [1.54, 1.807) is 7.11 Å². The largest absolute Gasteiger partial charge is 0.496 e. The predicted molar refractivity (Wildman–Crippen MR) is 104 cm³/mol. The van der Waals surface area contributed by atoms with Gasteiger partial charge in [-0.2, -0.15) is 0 Å². The van der Waals surface area contributed by atoms with Crippen molar-refractivity contribution in [2.45, 2.75) is 6.54 Å². The monoisotopic (exact) mass is 378 g/mol. The highest BCUT2D eigenvalue weighted by atomic mass is 16.5. The molecule has 2 aromatic rings. The second-order valence-corrected chi connectivity index (χ2v) is 6.70. The fraction of sp³-hybridized carbons (Fsp3) is 0.273. The lowest BCUT2D eigenvalue weighted by atomic mass is 10.0. The molecule has 6 heteroatoms. The van der Waals surface area contributed by atoms with Gasteiger partial charge < -0.3 is 14.4 Å². The van der Waals surface area contributed by atoms with E-state index in [0.29, 0.717) is 43.3 Å². The summed E-state index contributed by atoms with van der Waals surface area (Å²) in [6.45, 7) is 2.44. The van der Waals surface area contributed by atoms with Gasteiger partial charge in [-0.25, -0.2) is 0 Å². The van der Waals surface area contributed by atoms with Gasteiger partial charge in [0.05, 0.1) is 32.4 Å². The summed E-state index contributed by atoms with van der Waals surface area (Å²) >= 11 is 0. The summed E-state index contributed by atoms with van der Waals surface area (Å²) in [5.41, 5.74) is 2.48. The Hall–Kier alpha value is -3.12. The quantitative estimate of drug-likeness (QED) is 0.748. The van der Waals surface area contributed by atoms with Crippen LogP contribution in [0.4, 0.5) is 0 Å². The molecule has 2 aliphatic heterocycles. The molecule has 0 spiro atoms. The molecule has 0 N–H and O–H groups in total. The number of rotatable bonds is 5. The van der Waals surface area contributed by atoms with Gasteiger partial charge in [-0.3, -0.25) is 14.5 Å². The molecule has 0 radical (unpaired) electrons. The number of amides is 2. The molecule has 2 aromatic carbocycles. The van der Waals surface area contributed by atoms with Gasteiger partial charge in [0.25, 0.3) is 11.8 Å². The number of hydrogen-bond acceptors (Lipinski definition) is 5. The van der Waals surface area contributed by atoms with Crippen LogP contribution in [0.15, 0.2) is 60.3 Å². The zero-order valence-electron chi connectivity index (χ0n) is 15.8. The molecule has 0 unspecified atom stereocenters. The molecular formula is C22H22N2O4. The van der Waals surface area contributed by atoms with Crippen molar-refractivity contribution < 1.29 is 19.1 Å². The molecule has 1 fully saturated rings. The van der Waals surface area contributed by atoms with Crippen LogP contribution in [0.5, 0.6) is 5.75 Å². The summed E-state index contributed by atoms with van der Waals surface area (Å²) in [4.78, 5) is 29.9. The molecule has 0 aliphatic carbocycles. The summed E-state index contributed by atoms with van der Waals surface area (Å²) in [6, 6.07) is 16.8. The highest BCUT2D eigenvalue weighted by Crippen LogP contribution is 2.33. The Bertz CT molecular complexity index is 917. The van der Waals surface area contributed by atoms with Crippen molar-refractivity contribution in [3.8, 4) is 5.75 Å². The lowest BCUT2D eigenvalue weighted by Crippen LogP contribution is -2.40. The van der Waals surface area contributed by atoms with Crippen LogP contribution >= 0.6 is 0 Å². The fourth-order valence-corrected chi connectivity index (χ4v) is 3.66. The second-order valence-electron chi connectivity index (χ2n) is 6.70. The maximum absolute atomic E-state index is 13.3. The van der Waals surface area contributed by atoms with Crippen molar-refractivity contribution in [3.63, 3.8) is 0 Å². The fourth-order valence-electron chi connectivity index (χ4n) is 3.66. The number of methoxy groups -OCH3 is 1. The summed E-state index contributed by atoms with van der Waals surface area (Å²) in [5, 5.41) is 0. The summed E-state index contributed by atoms with van der Waals surface area (Å²) in [5.74, 6) is 0.115. The number of carbonyl (C=O) groups excluding carboxylic acids is 2. The topological polar surface area (TPSA) is 59.1 Å². The molecule has 2 amide bonds. The molecule has 0 atom stereocenters. The first-order chi connectivity index (χ1) is 13.7. The molecule has 4 rings (SSSR count). The van der Waals surface area contributed by atoms with E-state index in [9.17, 15) is 9.59 Å². The van der Waals surface area contributed by atoms with E-state index in [2.05, 4.69) is 0 Å². The lowest BCUT2D eigenvalue weighted by Gasteiger charge is -2.29. The van der Waals surface area contributed by atoms with E-state index in [0.717, 1.165) is 11.1 Å². The Morgan fingerprint density at radius 2 is 1.61 bits per heavy atom. The highest BCUT2D eigenvalue weighted by molar-refractivity contribution is 6.35. The number of hydrogen-bond donors (Lipinski definition) is 0. The standard InChI is InChI=1S/C22H22N2O4/c1-27-18-10-6-5-9-17(18)15-24-21(25)19(16-7-3-2-4-8-16)20(22(24)26)23-11-13-28-14-12-23/h2-10H,11-15H2,1H3. The minimum atomic E-state index is -0.274. The van der Waals surface area contributed by atoms with Gasteiger partial charge >= 0.3 is 0 Å². The number of ether oxygens (including phenoxy) is 2.